The Bertz CT molecular complexity index is 479. The molecule has 2 amide bonds. The van der Waals surface area contributed by atoms with Gasteiger partial charge in [-0.1, -0.05) is 0 Å². The fourth-order valence-corrected chi connectivity index (χ4v) is 1.99. The summed E-state index contributed by atoms with van der Waals surface area (Å²) in [4.78, 5) is 11.5. The van der Waals surface area contributed by atoms with E-state index in [1.54, 1.807) is 0 Å². The van der Waals surface area contributed by atoms with Crippen LogP contribution in [0.25, 0.3) is 0 Å². The molecule has 0 radical (unpaired) electrons. The van der Waals surface area contributed by atoms with Crippen LogP contribution in [0.3, 0.4) is 0 Å². The second-order valence-electron chi connectivity index (χ2n) is 4.70. The SMILES string of the molecule is O=C(NCCOc1ccc(F)cc1F)NC[C@@H]1CCCO1. The van der Waals surface area contributed by atoms with Crippen molar-refractivity contribution < 1.29 is 23.0 Å². The van der Waals surface area contributed by atoms with E-state index in [2.05, 4.69) is 10.6 Å². The van der Waals surface area contributed by atoms with E-state index in [-0.39, 0.29) is 31.0 Å². The van der Waals surface area contributed by atoms with Gasteiger partial charge in [-0.15, -0.1) is 0 Å². The smallest absolute Gasteiger partial charge is 0.315 e. The average Bonchev–Trinajstić information content (AvgIpc) is 2.96. The van der Waals surface area contributed by atoms with Crippen LogP contribution < -0.4 is 15.4 Å². The van der Waals surface area contributed by atoms with Crippen LogP contribution in [-0.4, -0.2) is 38.4 Å². The Morgan fingerprint density at radius 3 is 2.95 bits per heavy atom. The molecule has 1 fully saturated rings. The van der Waals surface area contributed by atoms with E-state index < -0.39 is 11.6 Å². The molecule has 7 heteroatoms. The van der Waals surface area contributed by atoms with Gasteiger partial charge in [0.2, 0.25) is 0 Å². The standard InChI is InChI=1S/C14H18F2N2O3/c15-10-3-4-13(12(16)8-10)21-7-5-17-14(19)18-9-11-2-1-6-20-11/h3-4,8,11H,1-2,5-7,9H2,(H2,17,18,19)/t11-/m0/s1. The minimum atomic E-state index is -0.766. The van der Waals surface area contributed by atoms with Crippen molar-refractivity contribution in [3.05, 3.63) is 29.8 Å². The number of hydrogen-bond acceptors (Lipinski definition) is 3. The van der Waals surface area contributed by atoms with Crippen molar-refractivity contribution >= 4 is 6.03 Å². The van der Waals surface area contributed by atoms with Crippen molar-refractivity contribution in [2.45, 2.75) is 18.9 Å². The van der Waals surface area contributed by atoms with Gasteiger partial charge in [0.1, 0.15) is 12.4 Å². The lowest BCUT2D eigenvalue weighted by atomic mass is 10.2. The highest BCUT2D eigenvalue weighted by atomic mass is 19.1. The second kappa shape index (κ2) is 7.78. The lowest BCUT2D eigenvalue weighted by Gasteiger charge is -2.12. The van der Waals surface area contributed by atoms with E-state index in [0.29, 0.717) is 6.54 Å². The van der Waals surface area contributed by atoms with Crippen LogP contribution in [0.4, 0.5) is 13.6 Å². The number of halogens is 2. The molecule has 1 heterocycles. The Morgan fingerprint density at radius 2 is 2.24 bits per heavy atom. The Hall–Kier alpha value is -1.89. The number of amides is 2. The molecule has 1 atom stereocenters. The molecule has 0 saturated carbocycles. The molecule has 1 aliphatic heterocycles. The molecule has 0 bridgehead atoms. The van der Waals surface area contributed by atoms with Crippen molar-refractivity contribution in [2.75, 3.05) is 26.3 Å². The van der Waals surface area contributed by atoms with Gasteiger partial charge in [-0.25, -0.2) is 13.6 Å². The van der Waals surface area contributed by atoms with Crippen LogP contribution in [0.1, 0.15) is 12.8 Å². The molecule has 0 unspecified atom stereocenters. The molecule has 1 saturated heterocycles. The van der Waals surface area contributed by atoms with Gasteiger partial charge < -0.3 is 20.1 Å². The van der Waals surface area contributed by atoms with Crippen molar-refractivity contribution in [3.8, 4) is 5.75 Å². The molecule has 1 aromatic rings. The summed E-state index contributed by atoms with van der Waals surface area (Å²) in [7, 11) is 0. The van der Waals surface area contributed by atoms with Gasteiger partial charge >= 0.3 is 6.03 Å². The molecule has 2 rings (SSSR count). The van der Waals surface area contributed by atoms with Gasteiger partial charge in [-0.3, -0.25) is 0 Å². The minimum absolute atomic E-state index is 0.0436. The van der Waals surface area contributed by atoms with E-state index in [1.165, 1.54) is 6.07 Å². The number of rotatable bonds is 6. The first-order valence-electron chi connectivity index (χ1n) is 6.86. The quantitative estimate of drug-likeness (QED) is 0.788. The highest BCUT2D eigenvalue weighted by Gasteiger charge is 2.15. The highest BCUT2D eigenvalue weighted by Crippen LogP contribution is 2.17. The fraction of sp³-hybridized carbons (Fsp3) is 0.500. The largest absolute Gasteiger partial charge is 0.489 e. The van der Waals surface area contributed by atoms with Gasteiger partial charge in [0.05, 0.1) is 12.6 Å². The molecule has 1 aromatic carbocycles. The molecule has 0 aliphatic carbocycles. The Balaban J connectivity index is 1.59. The molecular formula is C14H18F2N2O3. The van der Waals surface area contributed by atoms with Gasteiger partial charge in [0, 0.05) is 19.2 Å². The molecule has 0 aromatic heterocycles. The number of benzene rings is 1. The van der Waals surface area contributed by atoms with E-state index in [0.717, 1.165) is 31.6 Å². The zero-order valence-corrected chi connectivity index (χ0v) is 11.5. The van der Waals surface area contributed by atoms with Crippen molar-refractivity contribution in [1.29, 1.82) is 0 Å². The molecular weight excluding hydrogens is 282 g/mol. The first-order valence-corrected chi connectivity index (χ1v) is 6.86. The number of urea groups is 1. The third-order valence-electron chi connectivity index (χ3n) is 3.05. The van der Waals surface area contributed by atoms with Crippen LogP contribution in [-0.2, 0) is 4.74 Å². The van der Waals surface area contributed by atoms with Gasteiger partial charge in [0.25, 0.3) is 0 Å². The lowest BCUT2D eigenvalue weighted by molar-refractivity contribution is 0.111. The Kier molecular flexibility index (Phi) is 5.74. The number of carbonyl (C=O) groups excluding carboxylic acids is 1. The van der Waals surface area contributed by atoms with Gasteiger partial charge in [-0.05, 0) is 25.0 Å². The summed E-state index contributed by atoms with van der Waals surface area (Å²) >= 11 is 0. The monoisotopic (exact) mass is 300 g/mol. The maximum Gasteiger partial charge on any atom is 0.315 e. The topological polar surface area (TPSA) is 59.6 Å². The zero-order chi connectivity index (χ0) is 15.1. The number of ether oxygens (including phenoxy) is 2. The number of nitrogens with one attached hydrogen (secondary N) is 2. The lowest BCUT2D eigenvalue weighted by Crippen LogP contribution is -2.41. The highest BCUT2D eigenvalue weighted by molar-refractivity contribution is 5.73. The Labute approximate surface area is 121 Å². The molecule has 2 N–H and O–H groups in total. The van der Waals surface area contributed by atoms with Crippen LogP contribution >= 0.6 is 0 Å². The molecule has 5 nitrogen and oxygen atoms in total. The molecule has 21 heavy (non-hydrogen) atoms. The van der Waals surface area contributed by atoms with Crippen LogP contribution in [0.15, 0.2) is 18.2 Å². The van der Waals surface area contributed by atoms with Crippen LogP contribution in [0.2, 0.25) is 0 Å². The third kappa shape index (κ3) is 5.18. The summed E-state index contributed by atoms with van der Waals surface area (Å²) in [6, 6.07) is 2.74. The fourth-order valence-electron chi connectivity index (χ4n) is 1.99. The van der Waals surface area contributed by atoms with Crippen LogP contribution in [0.5, 0.6) is 5.75 Å². The first kappa shape index (κ1) is 15.5. The van der Waals surface area contributed by atoms with Crippen molar-refractivity contribution in [3.63, 3.8) is 0 Å². The van der Waals surface area contributed by atoms with E-state index >= 15 is 0 Å². The van der Waals surface area contributed by atoms with E-state index in [4.69, 9.17) is 9.47 Å². The minimum Gasteiger partial charge on any atom is -0.489 e. The summed E-state index contributed by atoms with van der Waals surface area (Å²) in [6.45, 7) is 1.52. The molecule has 0 spiro atoms. The summed E-state index contributed by atoms with van der Waals surface area (Å²) in [5.74, 6) is -1.47. The predicted molar refractivity (Wildman–Crippen MR) is 72.2 cm³/mol. The Morgan fingerprint density at radius 1 is 1.38 bits per heavy atom. The van der Waals surface area contributed by atoms with Crippen molar-refractivity contribution in [1.82, 2.24) is 10.6 Å². The van der Waals surface area contributed by atoms with E-state index in [9.17, 15) is 13.6 Å². The maximum absolute atomic E-state index is 13.3. The van der Waals surface area contributed by atoms with Crippen LogP contribution in [0, 0.1) is 11.6 Å². The third-order valence-corrected chi connectivity index (χ3v) is 3.05. The molecule has 1 aliphatic rings. The van der Waals surface area contributed by atoms with Gasteiger partial charge in [-0.2, -0.15) is 0 Å². The summed E-state index contributed by atoms with van der Waals surface area (Å²) in [6.07, 6.45) is 2.05. The normalized spacial score (nSPS) is 17.5. The van der Waals surface area contributed by atoms with Gasteiger partial charge in [0.15, 0.2) is 11.6 Å². The average molecular weight is 300 g/mol. The van der Waals surface area contributed by atoms with E-state index in [1.807, 2.05) is 0 Å². The summed E-state index contributed by atoms with van der Waals surface area (Å²) < 4.78 is 36.4. The summed E-state index contributed by atoms with van der Waals surface area (Å²) in [5.41, 5.74) is 0. The maximum atomic E-state index is 13.3. The zero-order valence-electron chi connectivity index (χ0n) is 11.5. The predicted octanol–water partition coefficient (Wildman–Crippen LogP) is 1.82. The first-order chi connectivity index (χ1) is 10.1. The number of carbonyl (C=O) groups is 1. The van der Waals surface area contributed by atoms with Crippen molar-refractivity contribution in [2.24, 2.45) is 0 Å². The second-order valence-corrected chi connectivity index (χ2v) is 4.70. The summed E-state index contributed by atoms with van der Waals surface area (Å²) in [5, 5.41) is 5.27. The molecule has 116 valence electrons. The number of hydrogen-bond donors (Lipinski definition) is 2.